The Morgan fingerprint density at radius 2 is 1.73 bits per heavy atom. The highest BCUT2D eigenvalue weighted by Gasteiger charge is 2.18. The van der Waals surface area contributed by atoms with Crippen LogP contribution in [0.5, 0.6) is 0 Å². The van der Waals surface area contributed by atoms with Crippen molar-refractivity contribution in [3.8, 4) is 0 Å². The Morgan fingerprint density at radius 3 is 2.32 bits per heavy atom. The van der Waals surface area contributed by atoms with Crippen LogP contribution < -0.4 is 10.0 Å². The van der Waals surface area contributed by atoms with Gasteiger partial charge in [0.25, 0.3) is 10.0 Å². The number of hydrogen-bond donors (Lipinski definition) is 2. The summed E-state index contributed by atoms with van der Waals surface area (Å²) in [5.41, 5.74) is 0.879. The van der Waals surface area contributed by atoms with E-state index < -0.39 is 15.8 Å². The second kappa shape index (κ2) is 6.15. The number of hydrogen-bond acceptors (Lipinski definition) is 3. The summed E-state index contributed by atoms with van der Waals surface area (Å²) in [5, 5.41) is 2.55. The van der Waals surface area contributed by atoms with Crippen LogP contribution in [0.4, 0.5) is 15.8 Å². The van der Waals surface area contributed by atoms with Gasteiger partial charge in [0.2, 0.25) is 5.91 Å². The fourth-order valence-electron chi connectivity index (χ4n) is 1.98. The van der Waals surface area contributed by atoms with Crippen molar-refractivity contribution in [2.45, 2.75) is 18.7 Å². The Kier molecular flexibility index (Phi) is 4.46. The highest BCUT2D eigenvalue weighted by molar-refractivity contribution is 7.92. The minimum Gasteiger partial charge on any atom is -0.325 e. The molecule has 116 valence electrons. The normalized spacial score (nSPS) is 11.0. The lowest BCUT2D eigenvalue weighted by Crippen LogP contribution is -2.16. The Morgan fingerprint density at radius 1 is 1.09 bits per heavy atom. The van der Waals surface area contributed by atoms with E-state index in [1.807, 2.05) is 0 Å². The van der Waals surface area contributed by atoms with Crippen molar-refractivity contribution in [1.29, 1.82) is 0 Å². The van der Waals surface area contributed by atoms with Crippen molar-refractivity contribution in [2.75, 3.05) is 10.0 Å². The Bertz CT molecular complexity index is 819. The molecule has 1 amide bonds. The first kappa shape index (κ1) is 16.0. The van der Waals surface area contributed by atoms with Gasteiger partial charge in [-0.3, -0.25) is 9.52 Å². The first-order valence-corrected chi connectivity index (χ1v) is 7.93. The molecule has 0 heterocycles. The molecule has 0 atom stereocenters. The van der Waals surface area contributed by atoms with Crippen LogP contribution in [-0.4, -0.2) is 14.3 Å². The molecular formula is C15H15FN2O3S. The van der Waals surface area contributed by atoms with E-state index >= 15 is 0 Å². The highest BCUT2D eigenvalue weighted by atomic mass is 32.2. The molecular weight excluding hydrogens is 307 g/mol. The van der Waals surface area contributed by atoms with E-state index in [-0.39, 0.29) is 16.5 Å². The Balaban J connectivity index is 2.39. The van der Waals surface area contributed by atoms with Crippen LogP contribution in [0.25, 0.3) is 0 Å². The molecule has 0 unspecified atom stereocenters. The van der Waals surface area contributed by atoms with Crippen LogP contribution in [-0.2, 0) is 14.8 Å². The maximum atomic E-state index is 13.1. The van der Waals surface area contributed by atoms with Crippen LogP contribution in [0.2, 0.25) is 0 Å². The number of para-hydroxylation sites is 2. The maximum absolute atomic E-state index is 13.1. The minimum absolute atomic E-state index is 0.0217. The molecule has 7 heteroatoms. The number of nitrogens with one attached hydrogen (secondary N) is 2. The van der Waals surface area contributed by atoms with Gasteiger partial charge in [0.05, 0.1) is 16.3 Å². The lowest BCUT2D eigenvalue weighted by Gasteiger charge is -2.14. The third-order valence-electron chi connectivity index (χ3n) is 2.91. The molecule has 0 aliphatic carbocycles. The first-order valence-electron chi connectivity index (χ1n) is 6.45. The number of sulfonamides is 1. The number of amides is 1. The molecule has 22 heavy (non-hydrogen) atoms. The van der Waals surface area contributed by atoms with Crippen molar-refractivity contribution in [3.05, 3.63) is 53.8 Å². The van der Waals surface area contributed by atoms with Gasteiger partial charge in [0.15, 0.2) is 0 Å². The quantitative estimate of drug-likeness (QED) is 0.909. The van der Waals surface area contributed by atoms with Gasteiger partial charge >= 0.3 is 0 Å². The number of aryl methyl sites for hydroxylation is 1. The molecule has 0 aromatic heterocycles. The van der Waals surface area contributed by atoms with Crippen LogP contribution >= 0.6 is 0 Å². The number of halogens is 1. The fraction of sp³-hybridized carbons (Fsp3) is 0.133. The van der Waals surface area contributed by atoms with Crippen molar-refractivity contribution < 1.29 is 17.6 Å². The van der Waals surface area contributed by atoms with Crippen molar-refractivity contribution in [3.63, 3.8) is 0 Å². The smallest absolute Gasteiger partial charge is 0.262 e. The van der Waals surface area contributed by atoms with E-state index in [4.69, 9.17) is 0 Å². The average Bonchev–Trinajstić information content (AvgIpc) is 2.39. The summed E-state index contributed by atoms with van der Waals surface area (Å²) in [5.74, 6) is -0.820. The SMILES string of the molecule is CC(=O)Nc1ccccc1NS(=O)(=O)c1ccc(F)cc1C. The minimum atomic E-state index is -3.89. The number of carbonyl (C=O) groups is 1. The molecule has 5 nitrogen and oxygen atoms in total. The summed E-state index contributed by atoms with van der Waals surface area (Å²) >= 11 is 0. The van der Waals surface area contributed by atoms with Gasteiger partial charge in [-0.2, -0.15) is 0 Å². The third-order valence-corrected chi connectivity index (χ3v) is 4.43. The van der Waals surface area contributed by atoms with Crippen LogP contribution in [0.1, 0.15) is 12.5 Å². The molecule has 2 aromatic carbocycles. The lowest BCUT2D eigenvalue weighted by molar-refractivity contribution is -0.114. The highest BCUT2D eigenvalue weighted by Crippen LogP contribution is 2.25. The van der Waals surface area contributed by atoms with E-state index in [1.165, 1.54) is 26.0 Å². The summed E-state index contributed by atoms with van der Waals surface area (Å²) in [6.45, 7) is 2.84. The Labute approximate surface area is 128 Å². The number of anilines is 2. The van der Waals surface area contributed by atoms with Crippen molar-refractivity contribution in [1.82, 2.24) is 0 Å². The molecule has 0 bridgehead atoms. The monoisotopic (exact) mass is 322 g/mol. The van der Waals surface area contributed by atoms with E-state index in [0.29, 0.717) is 11.3 Å². The molecule has 2 aromatic rings. The van der Waals surface area contributed by atoms with Gasteiger partial charge in [-0.25, -0.2) is 12.8 Å². The summed E-state index contributed by atoms with van der Waals surface area (Å²) in [4.78, 5) is 11.1. The fourth-order valence-corrected chi connectivity index (χ4v) is 3.29. The average molecular weight is 322 g/mol. The van der Waals surface area contributed by atoms with E-state index in [0.717, 1.165) is 12.1 Å². The van der Waals surface area contributed by atoms with Gasteiger partial charge in [-0.15, -0.1) is 0 Å². The predicted molar refractivity (Wildman–Crippen MR) is 82.7 cm³/mol. The second-order valence-corrected chi connectivity index (χ2v) is 6.39. The van der Waals surface area contributed by atoms with Crippen molar-refractivity contribution in [2.24, 2.45) is 0 Å². The standard InChI is InChI=1S/C15H15FN2O3S/c1-10-9-12(16)7-8-15(10)22(20,21)18-14-6-4-3-5-13(14)17-11(2)19/h3-9,18H,1-2H3,(H,17,19). The van der Waals surface area contributed by atoms with Gasteiger partial charge in [0.1, 0.15) is 5.82 Å². The summed E-state index contributed by atoms with van der Waals surface area (Å²) in [7, 11) is -3.89. The summed E-state index contributed by atoms with van der Waals surface area (Å²) in [6, 6.07) is 9.86. The second-order valence-electron chi connectivity index (χ2n) is 4.74. The summed E-state index contributed by atoms with van der Waals surface area (Å²) < 4.78 is 40.4. The Hall–Kier alpha value is -2.41. The number of benzene rings is 2. The topological polar surface area (TPSA) is 75.3 Å². The summed E-state index contributed by atoms with van der Waals surface area (Å²) in [6.07, 6.45) is 0. The van der Waals surface area contributed by atoms with Crippen LogP contribution in [0.15, 0.2) is 47.4 Å². The number of rotatable bonds is 4. The molecule has 0 aliphatic rings. The number of carbonyl (C=O) groups excluding carboxylic acids is 1. The van der Waals surface area contributed by atoms with Crippen LogP contribution in [0, 0.1) is 12.7 Å². The largest absolute Gasteiger partial charge is 0.325 e. The molecule has 0 spiro atoms. The predicted octanol–water partition coefficient (Wildman–Crippen LogP) is 2.89. The zero-order chi connectivity index (χ0) is 16.3. The maximum Gasteiger partial charge on any atom is 0.262 e. The molecule has 0 saturated heterocycles. The molecule has 0 aliphatic heterocycles. The van der Waals surface area contributed by atoms with Gasteiger partial charge in [-0.1, -0.05) is 12.1 Å². The first-order chi connectivity index (χ1) is 10.3. The van der Waals surface area contributed by atoms with Crippen LogP contribution in [0.3, 0.4) is 0 Å². The van der Waals surface area contributed by atoms with E-state index in [2.05, 4.69) is 10.0 Å². The van der Waals surface area contributed by atoms with Gasteiger partial charge in [-0.05, 0) is 42.8 Å². The molecule has 0 radical (unpaired) electrons. The third kappa shape index (κ3) is 3.62. The van der Waals surface area contributed by atoms with E-state index in [1.54, 1.807) is 18.2 Å². The zero-order valence-corrected chi connectivity index (χ0v) is 12.9. The van der Waals surface area contributed by atoms with Gasteiger partial charge < -0.3 is 5.32 Å². The molecule has 0 saturated carbocycles. The molecule has 2 rings (SSSR count). The molecule has 0 fully saturated rings. The van der Waals surface area contributed by atoms with Crippen molar-refractivity contribution >= 4 is 27.3 Å². The van der Waals surface area contributed by atoms with Gasteiger partial charge in [0, 0.05) is 6.92 Å². The lowest BCUT2D eigenvalue weighted by atomic mass is 10.2. The molecule has 2 N–H and O–H groups in total. The zero-order valence-electron chi connectivity index (χ0n) is 12.1. The van der Waals surface area contributed by atoms with E-state index in [9.17, 15) is 17.6 Å².